The Morgan fingerprint density at radius 1 is 1.11 bits per heavy atom. The van der Waals surface area contributed by atoms with Gasteiger partial charge in [0.15, 0.2) is 0 Å². The molecule has 0 radical (unpaired) electrons. The van der Waals surface area contributed by atoms with Gasteiger partial charge in [0, 0.05) is 31.7 Å². The van der Waals surface area contributed by atoms with E-state index in [-0.39, 0.29) is 19.4 Å². The predicted octanol–water partition coefficient (Wildman–Crippen LogP) is 2.71. The van der Waals surface area contributed by atoms with E-state index >= 15 is 0 Å². The molecule has 0 unspecified atom stereocenters. The summed E-state index contributed by atoms with van der Waals surface area (Å²) in [6.45, 7) is 2.51. The van der Waals surface area contributed by atoms with Gasteiger partial charge in [-0.15, -0.1) is 0 Å². The number of rotatable bonds is 15. The normalized spacial score (nSPS) is 13.3. The fourth-order valence-electron chi connectivity index (χ4n) is 4.23. The zero-order valence-corrected chi connectivity index (χ0v) is 21.2. The highest BCUT2D eigenvalue weighted by Crippen LogP contribution is 2.20. The Kier molecular flexibility index (Phi) is 11.2. The Morgan fingerprint density at radius 3 is 2.68 bits per heavy atom. The van der Waals surface area contributed by atoms with Crippen LogP contribution in [-0.4, -0.2) is 65.2 Å². The first-order valence-electron chi connectivity index (χ1n) is 12.8. The SMILES string of the molecule is NC(=O)CCN(CCCCc1ccc2c(n1)NCCC2)CC[C@H](NC(=O)OCc1ccccc1)C(=O)O. The molecule has 10 heteroatoms. The van der Waals surface area contributed by atoms with Crippen LogP contribution in [0.2, 0.25) is 0 Å². The Balaban J connectivity index is 1.44. The molecule has 0 saturated heterocycles. The first kappa shape index (κ1) is 27.9. The van der Waals surface area contributed by atoms with Gasteiger partial charge in [0.25, 0.3) is 0 Å². The van der Waals surface area contributed by atoms with E-state index in [1.807, 2.05) is 35.2 Å². The highest BCUT2D eigenvalue weighted by molar-refractivity contribution is 5.79. The fourth-order valence-corrected chi connectivity index (χ4v) is 4.23. The summed E-state index contributed by atoms with van der Waals surface area (Å²) in [4.78, 5) is 41.9. The zero-order chi connectivity index (χ0) is 26.5. The Hall–Kier alpha value is -3.66. The van der Waals surface area contributed by atoms with E-state index in [0.717, 1.165) is 55.7 Å². The quantitative estimate of drug-likeness (QED) is 0.267. The van der Waals surface area contributed by atoms with Gasteiger partial charge in [0.1, 0.15) is 18.5 Å². The number of anilines is 1. The van der Waals surface area contributed by atoms with Crippen molar-refractivity contribution in [2.75, 3.05) is 31.5 Å². The molecule has 0 fully saturated rings. The van der Waals surface area contributed by atoms with E-state index in [2.05, 4.69) is 22.8 Å². The zero-order valence-electron chi connectivity index (χ0n) is 21.2. The van der Waals surface area contributed by atoms with E-state index in [4.69, 9.17) is 15.5 Å². The van der Waals surface area contributed by atoms with Gasteiger partial charge >= 0.3 is 12.1 Å². The average Bonchev–Trinajstić information content (AvgIpc) is 2.90. The van der Waals surface area contributed by atoms with Crippen LogP contribution in [0.1, 0.15) is 48.9 Å². The monoisotopic (exact) mass is 511 g/mol. The van der Waals surface area contributed by atoms with E-state index in [1.165, 1.54) is 5.56 Å². The van der Waals surface area contributed by atoms with E-state index in [1.54, 1.807) is 0 Å². The van der Waals surface area contributed by atoms with Gasteiger partial charge in [-0.25, -0.2) is 14.6 Å². The summed E-state index contributed by atoms with van der Waals surface area (Å²) in [6, 6.07) is 12.3. The maximum Gasteiger partial charge on any atom is 0.408 e. The van der Waals surface area contributed by atoms with Crippen molar-refractivity contribution >= 4 is 23.8 Å². The van der Waals surface area contributed by atoms with Crippen LogP contribution in [0.15, 0.2) is 42.5 Å². The lowest BCUT2D eigenvalue weighted by molar-refractivity contribution is -0.139. The number of amides is 2. The highest BCUT2D eigenvalue weighted by Gasteiger charge is 2.22. The lowest BCUT2D eigenvalue weighted by Gasteiger charge is -2.24. The number of primary amides is 1. The van der Waals surface area contributed by atoms with Gasteiger partial charge in [0.2, 0.25) is 5.91 Å². The molecule has 1 aromatic heterocycles. The van der Waals surface area contributed by atoms with Crippen LogP contribution in [0.25, 0.3) is 0 Å². The van der Waals surface area contributed by atoms with E-state index < -0.39 is 24.0 Å². The number of carbonyl (C=O) groups excluding carboxylic acids is 2. The van der Waals surface area contributed by atoms with Crippen molar-refractivity contribution in [1.82, 2.24) is 15.2 Å². The first-order valence-corrected chi connectivity index (χ1v) is 12.8. The number of benzene rings is 1. The molecular weight excluding hydrogens is 474 g/mol. The van der Waals surface area contributed by atoms with Crippen LogP contribution >= 0.6 is 0 Å². The molecule has 0 aliphatic carbocycles. The summed E-state index contributed by atoms with van der Waals surface area (Å²) in [5.74, 6) is -0.562. The Labute approximate surface area is 217 Å². The molecule has 0 bridgehead atoms. The third-order valence-electron chi connectivity index (χ3n) is 6.32. The maximum atomic E-state index is 12.1. The van der Waals surface area contributed by atoms with Crippen molar-refractivity contribution in [2.45, 2.75) is 57.6 Å². The molecule has 1 atom stereocenters. The summed E-state index contributed by atoms with van der Waals surface area (Å²) in [6.07, 6.45) is 4.36. The van der Waals surface area contributed by atoms with Crippen LogP contribution in [0.5, 0.6) is 0 Å². The molecule has 2 aromatic rings. The molecular formula is C27H37N5O5. The number of nitrogens with zero attached hydrogens (tertiary/aromatic N) is 2. The summed E-state index contributed by atoms with van der Waals surface area (Å²) in [7, 11) is 0. The predicted molar refractivity (Wildman–Crippen MR) is 140 cm³/mol. The molecule has 5 N–H and O–H groups in total. The van der Waals surface area contributed by atoms with Crippen molar-refractivity contribution in [3.05, 3.63) is 59.3 Å². The van der Waals surface area contributed by atoms with Gasteiger partial charge in [-0.1, -0.05) is 36.4 Å². The van der Waals surface area contributed by atoms with Crippen molar-refractivity contribution in [3.8, 4) is 0 Å². The molecule has 0 spiro atoms. The molecule has 37 heavy (non-hydrogen) atoms. The number of carbonyl (C=O) groups is 3. The largest absolute Gasteiger partial charge is 0.480 e. The number of unbranched alkanes of at least 4 members (excludes halogenated alkanes) is 1. The van der Waals surface area contributed by atoms with Gasteiger partial charge < -0.3 is 31.1 Å². The van der Waals surface area contributed by atoms with Crippen molar-refractivity contribution in [2.24, 2.45) is 5.73 Å². The summed E-state index contributed by atoms with van der Waals surface area (Å²) >= 11 is 0. The van der Waals surface area contributed by atoms with Crippen LogP contribution in [0, 0.1) is 0 Å². The number of alkyl carbamates (subject to hydrolysis) is 1. The number of carboxylic acid groups (broad SMARTS) is 1. The number of hydrogen-bond acceptors (Lipinski definition) is 7. The lowest BCUT2D eigenvalue weighted by atomic mass is 10.1. The number of aromatic nitrogens is 1. The van der Waals surface area contributed by atoms with Gasteiger partial charge in [-0.2, -0.15) is 0 Å². The Morgan fingerprint density at radius 2 is 1.92 bits per heavy atom. The third kappa shape index (κ3) is 10.1. The molecule has 2 heterocycles. The smallest absolute Gasteiger partial charge is 0.408 e. The minimum absolute atomic E-state index is 0.0545. The van der Waals surface area contributed by atoms with Crippen molar-refractivity contribution < 1.29 is 24.2 Å². The van der Waals surface area contributed by atoms with Crippen molar-refractivity contribution in [3.63, 3.8) is 0 Å². The summed E-state index contributed by atoms with van der Waals surface area (Å²) < 4.78 is 5.15. The number of carboxylic acids is 1. The van der Waals surface area contributed by atoms with E-state index in [9.17, 15) is 19.5 Å². The first-order chi connectivity index (χ1) is 17.9. The number of fused-ring (bicyclic) bond motifs is 1. The molecule has 2 amide bonds. The third-order valence-corrected chi connectivity index (χ3v) is 6.32. The van der Waals surface area contributed by atoms with Gasteiger partial charge in [-0.05, 0) is 62.3 Å². The lowest BCUT2D eigenvalue weighted by Crippen LogP contribution is -2.43. The summed E-state index contributed by atoms with van der Waals surface area (Å²) in [5.41, 5.74) is 8.45. The van der Waals surface area contributed by atoms with Crippen LogP contribution in [0.4, 0.5) is 10.6 Å². The second-order valence-electron chi connectivity index (χ2n) is 9.24. The maximum absolute atomic E-state index is 12.1. The van der Waals surface area contributed by atoms with Crippen LogP contribution in [-0.2, 0) is 33.8 Å². The number of nitrogens with two attached hydrogens (primary N) is 1. The standard InChI is InChI=1S/C27H37N5O5/c28-24(33)14-18-32(16-5-4-10-22-12-11-21-9-6-15-29-25(21)30-22)17-13-23(26(34)35)31-27(36)37-19-20-7-2-1-3-8-20/h1-3,7-8,11-12,23H,4-6,9-10,13-19H2,(H2,28,33)(H,29,30)(H,31,36)(H,34,35)/t23-/m0/s1. The second kappa shape index (κ2) is 14.8. The fraction of sp³-hybridized carbons (Fsp3) is 0.481. The molecule has 10 nitrogen and oxygen atoms in total. The molecule has 3 rings (SSSR count). The molecule has 1 aliphatic heterocycles. The van der Waals surface area contributed by atoms with Crippen molar-refractivity contribution in [1.29, 1.82) is 0 Å². The molecule has 1 aromatic carbocycles. The van der Waals surface area contributed by atoms with Crippen LogP contribution < -0.4 is 16.4 Å². The number of aliphatic carboxylic acids is 1. The molecule has 1 aliphatic rings. The summed E-state index contributed by atoms with van der Waals surface area (Å²) in [5, 5.41) is 15.4. The van der Waals surface area contributed by atoms with Crippen LogP contribution in [0.3, 0.4) is 0 Å². The number of ether oxygens (including phenoxy) is 1. The number of aryl methyl sites for hydroxylation is 2. The average molecular weight is 512 g/mol. The van der Waals surface area contributed by atoms with Gasteiger partial charge in [-0.3, -0.25) is 4.79 Å². The second-order valence-corrected chi connectivity index (χ2v) is 9.24. The topological polar surface area (TPSA) is 147 Å². The van der Waals surface area contributed by atoms with E-state index in [0.29, 0.717) is 19.6 Å². The minimum atomic E-state index is -1.14. The highest BCUT2D eigenvalue weighted by atomic mass is 16.5. The molecule has 200 valence electrons. The van der Waals surface area contributed by atoms with Gasteiger partial charge in [0.05, 0.1) is 0 Å². The number of pyridine rings is 1. The number of hydrogen-bond donors (Lipinski definition) is 4. The molecule has 0 saturated carbocycles. The number of nitrogens with one attached hydrogen (secondary N) is 2. The Bertz CT molecular complexity index is 1030. The minimum Gasteiger partial charge on any atom is -0.480 e.